The van der Waals surface area contributed by atoms with Gasteiger partial charge in [0, 0.05) is 5.69 Å². The zero-order valence-corrected chi connectivity index (χ0v) is 10.3. The summed E-state index contributed by atoms with van der Waals surface area (Å²) < 4.78 is 13.7. The standard InChI is InChI=1S/C14H13FN2O2/c1-8-3-2-4-11(15)13(8)17-12-7-9(16)5-6-10(12)14(18)19/h2-7,17H,16H2,1H3,(H,18,19). The second-order valence-corrected chi connectivity index (χ2v) is 4.17. The van der Waals surface area contributed by atoms with Gasteiger partial charge in [0.15, 0.2) is 0 Å². The second-order valence-electron chi connectivity index (χ2n) is 4.17. The van der Waals surface area contributed by atoms with Crippen molar-refractivity contribution in [2.24, 2.45) is 0 Å². The lowest BCUT2D eigenvalue weighted by Gasteiger charge is -2.13. The van der Waals surface area contributed by atoms with Crippen LogP contribution in [0, 0.1) is 12.7 Å². The predicted octanol–water partition coefficient (Wildman–Crippen LogP) is 3.16. The van der Waals surface area contributed by atoms with Gasteiger partial charge in [-0.2, -0.15) is 0 Å². The highest BCUT2D eigenvalue weighted by Crippen LogP contribution is 2.27. The summed E-state index contributed by atoms with van der Waals surface area (Å²) >= 11 is 0. The van der Waals surface area contributed by atoms with Crippen LogP contribution in [0.15, 0.2) is 36.4 Å². The predicted molar refractivity (Wildman–Crippen MR) is 72.2 cm³/mol. The van der Waals surface area contributed by atoms with E-state index in [4.69, 9.17) is 10.8 Å². The molecule has 2 aromatic rings. The fraction of sp³-hybridized carbons (Fsp3) is 0.0714. The highest BCUT2D eigenvalue weighted by Gasteiger charge is 2.13. The number of nitrogens with two attached hydrogens (primary N) is 1. The number of aryl methyl sites for hydroxylation is 1. The Morgan fingerprint density at radius 1 is 1.32 bits per heavy atom. The van der Waals surface area contributed by atoms with Crippen LogP contribution in [0.3, 0.4) is 0 Å². The number of rotatable bonds is 3. The van der Waals surface area contributed by atoms with E-state index in [1.807, 2.05) is 0 Å². The molecule has 0 bridgehead atoms. The maximum absolute atomic E-state index is 13.7. The summed E-state index contributed by atoms with van der Waals surface area (Å²) in [7, 11) is 0. The van der Waals surface area contributed by atoms with Crippen LogP contribution in [0.4, 0.5) is 21.5 Å². The quantitative estimate of drug-likeness (QED) is 0.741. The van der Waals surface area contributed by atoms with Gasteiger partial charge in [-0.25, -0.2) is 9.18 Å². The summed E-state index contributed by atoms with van der Waals surface area (Å²) in [5.74, 6) is -1.55. The van der Waals surface area contributed by atoms with E-state index in [1.54, 1.807) is 19.1 Å². The van der Waals surface area contributed by atoms with Crippen LogP contribution in [0.25, 0.3) is 0 Å². The summed E-state index contributed by atoms with van der Waals surface area (Å²) in [6, 6.07) is 8.97. The molecule has 0 aliphatic heterocycles. The van der Waals surface area contributed by atoms with Crippen molar-refractivity contribution in [1.82, 2.24) is 0 Å². The molecule has 0 amide bonds. The van der Waals surface area contributed by atoms with E-state index >= 15 is 0 Å². The van der Waals surface area contributed by atoms with Crippen LogP contribution < -0.4 is 11.1 Å². The molecule has 0 radical (unpaired) electrons. The topological polar surface area (TPSA) is 75.3 Å². The average molecular weight is 260 g/mol. The molecule has 0 aromatic heterocycles. The smallest absolute Gasteiger partial charge is 0.337 e. The third kappa shape index (κ3) is 2.65. The SMILES string of the molecule is Cc1cccc(F)c1Nc1cc(N)ccc1C(=O)O. The Kier molecular flexibility index (Phi) is 3.37. The van der Waals surface area contributed by atoms with Crippen molar-refractivity contribution < 1.29 is 14.3 Å². The van der Waals surface area contributed by atoms with E-state index in [1.165, 1.54) is 24.3 Å². The number of anilines is 3. The van der Waals surface area contributed by atoms with Crippen LogP contribution in [-0.4, -0.2) is 11.1 Å². The lowest BCUT2D eigenvalue weighted by molar-refractivity contribution is 0.0698. The average Bonchev–Trinajstić information content (AvgIpc) is 2.33. The van der Waals surface area contributed by atoms with Gasteiger partial charge in [0.05, 0.1) is 16.9 Å². The number of nitrogens with one attached hydrogen (secondary N) is 1. The van der Waals surface area contributed by atoms with Gasteiger partial charge in [-0.3, -0.25) is 0 Å². The van der Waals surface area contributed by atoms with Crippen LogP contribution >= 0.6 is 0 Å². The summed E-state index contributed by atoms with van der Waals surface area (Å²) in [4.78, 5) is 11.1. The number of hydrogen-bond acceptors (Lipinski definition) is 3. The third-order valence-electron chi connectivity index (χ3n) is 2.76. The first kappa shape index (κ1) is 12.9. The molecule has 0 saturated carbocycles. The number of para-hydroxylation sites is 1. The fourth-order valence-corrected chi connectivity index (χ4v) is 1.78. The van der Waals surface area contributed by atoms with Crippen molar-refractivity contribution in [1.29, 1.82) is 0 Å². The number of halogens is 1. The van der Waals surface area contributed by atoms with Gasteiger partial charge in [-0.05, 0) is 36.8 Å². The Hall–Kier alpha value is -2.56. The highest BCUT2D eigenvalue weighted by molar-refractivity contribution is 5.96. The Bertz CT molecular complexity index is 621. The summed E-state index contributed by atoms with van der Waals surface area (Å²) in [6.45, 7) is 1.73. The maximum Gasteiger partial charge on any atom is 0.337 e. The maximum atomic E-state index is 13.7. The molecule has 0 unspecified atom stereocenters. The molecule has 4 nitrogen and oxygen atoms in total. The zero-order chi connectivity index (χ0) is 14.0. The second kappa shape index (κ2) is 4.97. The minimum atomic E-state index is -1.10. The number of benzene rings is 2. The number of carboxylic acids is 1. The molecule has 0 spiro atoms. The Morgan fingerprint density at radius 2 is 2.05 bits per heavy atom. The lowest BCUT2D eigenvalue weighted by atomic mass is 10.1. The number of nitrogen functional groups attached to an aromatic ring is 1. The Morgan fingerprint density at radius 3 is 2.68 bits per heavy atom. The van der Waals surface area contributed by atoms with Crippen LogP contribution in [0.1, 0.15) is 15.9 Å². The molecule has 5 heteroatoms. The minimum Gasteiger partial charge on any atom is -0.478 e. The Labute approximate surface area is 109 Å². The molecule has 0 saturated heterocycles. The monoisotopic (exact) mass is 260 g/mol. The van der Waals surface area contributed by atoms with Gasteiger partial charge in [-0.1, -0.05) is 12.1 Å². The summed E-state index contributed by atoms with van der Waals surface area (Å²) in [6.07, 6.45) is 0. The summed E-state index contributed by atoms with van der Waals surface area (Å²) in [5, 5.41) is 11.9. The van der Waals surface area contributed by atoms with E-state index in [2.05, 4.69) is 5.32 Å². The van der Waals surface area contributed by atoms with Crippen molar-refractivity contribution >= 4 is 23.0 Å². The van der Waals surface area contributed by atoms with Crippen LogP contribution in [0.2, 0.25) is 0 Å². The van der Waals surface area contributed by atoms with Gasteiger partial charge in [-0.15, -0.1) is 0 Å². The third-order valence-corrected chi connectivity index (χ3v) is 2.76. The van der Waals surface area contributed by atoms with Crippen molar-refractivity contribution in [2.45, 2.75) is 6.92 Å². The van der Waals surface area contributed by atoms with E-state index in [0.717, 1.165) is 0 Å². The minimum absolute atomic E-state index is 0.0388. The molecule has 0 atom stereocenters. The fourth-order valence-electron chi connectivity index (χ4n) is 1.78. The van der Waals surface area contributed by atoms with E-state index in [-0.39, 0.29) is 16.9 Å². The molecular formula is C14H13FN2O2. The first-order chi connectivity index (χ1) is 8.99. The van der Waals surface area contributed by atoms with Crippen molar-refractivity contribution in [3.05, 3.63) is 53.3 Å². The number of aromatic carboxylic acids is 1. The molecule has 19 heavy (non-hydrogen) atoms. The van der Waals surface area contributed by atoms with Gasteiger partial charge < -0.3 is 16.2 Å². The van der Waals surface area contributed by atoms with Crippen molar-refractivity contribution in [3.63, 3.8) is 0 Å². The van der Waals surface area contributed by atoms with Gasteiger partial charge >= 0.3 is 5.97 Å². The first-order valence-electron chi connectivity index (χ1n) is 5.64. The molecular weight excluding hydrogens is 247 g/mol. The van der Waals surface area contributed by atoms with E-state index in [0.29, 0.717) is 11.3 Å². The lowest BCUT2D eigenvalue weighted by Crippen LogP contribution is -2.05. The summed E-state index contributed by atoms with van der Waals surface area (Å²) in [5.41, 5.74) is 7.26. The molecule has 2 aromatic carbocycles. The van der Waals surface area contributed by atoms with Crippen LogP contribution in [-0.2, 0) is 0 Å². The highest BCUT2D eigenvalue weighted by atomic mass is 19.1. The molecule has 2 rings (SSSR count). The molecule has 98 valence electrons. The molecule has 0 fully saturated rings. The number of carboxylic acid groups (broad SMARTS) is 1. The Balaban J connectivity index is 2.49. The van der Waals surface area contributed by atoms with Crippen molar-refractivity contribution in [3.8, 4) is 0 Å². The first-order valence-corrected chi connectivity index (χ1v) is 5.64. The van der Waals surface area contributed by atoms with Gasteiger partial charge in [0.25, 0.3) is 0 Å². The molecule has 0 aliphatic carbocycles. The van der Waals surface area contributed by atoms with E-state index in [9.17, 15) is 9.18 Å². The van der Waals surface area contributed by atoms with Crippen molar-refractivity contribution in [2.75, 3.05) is 11.1 Å². The largest absolute Gasteiger partial charge is 0.478 e. The number of carbonyl (C=O) groups is 1. The number of hydrogen-bond donors (Lipinski definition) is 3. The zero-order valence-electron chi connectivity index (χ0n) is 10.3. The van der Waals surface area contributed by atoms with Crippen LogP contribution in [0.5, 0.6) is 0 Å². The normalized spacial score (nSPS) is 10.2. The van der Waals surface area contributed by atoms with Gasteiger partial charge in [0.2, 0.25) is 0 Å². The molecule has 0 aliphatic rings. The molecule has 0 heterocycles. The van der Waals surface area contributed by atoms with Gasteiger partial charge in [0.1, 0.15) is 5.82 Å². The molecule has 4 N–H and O–H groups in total. The van der Waals surface area contributed by atoms with E-state index < -0.39 is 11.8 Å².